The zero-order valence-electron chi connectivity index (χ0n) is 12.1. The number of nitrogens with one attached hydrogen (secondary N) is 1. The predicted molar refractivity (Wildman–Crippen MR) is 76.7 cm³/mol. The molecule has 2 fully saturated rings. The summed E-state index contributed by atoms with van der Waals surface area (Å²) in [5, 5.41) is 3.53. The molecule has 0 heterocycles. The van der Waals surface area contributed by atoms with Crippen molar-refractivity contribution in [3.05, 3.63) is 24.0 Å². The third kappa shape index (κ3) is 2.06. The van der Waals surface area contributed by atoms with Crippen molar-refractivity contribution >= 4 is 5.69 Å². The quantitative estimate of drug-likeness (QED) is 0.893. The third-order valence-electron chi connectivity index (χ3n) is 4.93. The Morgan fingerprint density at radius 2 is 2.20 bits per heavy atom. The number of hydrogen-bond acceptors (Lipinski definition) is 3. The van der Waals surface area contributed by atoms with Crippen molar-refractivity contribution in [3.63, 3.8) is 0 Å². The molecule has 1 aromatic carbocycles. The second-order valence-electron chi connectivity index (χ2n) is 5.81. The van der Waals surface area contributed by atoms with E-state index in [9.17, 15) is 4.39 Å². The lowest BCUT2D eigenvalue weighted by molar-refractivity contribution is -0.157. The van der Waals surface area contributed by atoms with E-state index in [0.29, 0.717) is 23.3 Å². The zero-order valence-corrected chi connectivity index (χ0v) is 12.1. The SMILES string of the molecule is CCOC1CC(Nc2ccc(F)c(OC)c2)C12CCC2. The molecule has 0 aromatic heterocycles. The van der Waals surface area contributed by atoms with Gasteiger partial charge in [-0.1, -0.05) is 6.42 Å². The lowest BCUT2D eigenvalue weighted by Crippen LogP contribution is -2.64. The van der Waals surface area contributed by atoms with E-state index >= 15 is 0 Å². The first-order valence-electron chi connectivity index (χ1n) is 7.41. The van der Waals surface area contributed by atoms with E-state index in [2.05, 4.69) is 12.2 Å². The fourth-order valence-corrected chi connectivity index (χ4v) is 3.59. The number of methoxy groups -OCH3 is 1. The molecule has 4 heteroatoms. The molecule has 2 saturated carbocycles. The van der Waals surface area contributed by atoms with Gasteiger partial charge in [0.2, 0.25) is 0 Å². The zero-order chi connectivity index (χ0) is 14.2. The van der Waals surface area contributed by atoms with Crippen LogP contribution in [0.3, 0.4) is 0 Å². The maximum absolute atomic E-state index is 13.4. The van der Waals surface area contributed by atoms with Crippen LogP contribution < -0.4 is 10.1 Å². The topological polar surface area (TPSA) is 30.5 Å². The minimum Gasteiger partial charge on any atom is -0.494 e. The number of ether oxygens (including phenoxy) is 2. The van der Waals surface area contributed by atoms with E-state index in [4.69, 9.17) is 9.47 Å². The van der Waals surface area contributed by atoms with Crippen LogP contribution in [0, 0.1) is 11.2 Å². The first kappa shape index (κ1) is 13.7. The highest BCUT2D eigenvalue weighted by Crippen LogP contribution is 2.58. The summed E-state index contributed by atoms with van der Waals surface area (Å²) in [6, 6.07) is 5.39. The number of hydrogen-bond donors (Lipinski definition) is 1. The van der Waals surface area contributed by atoms with Crippen molar-refractivity contribution in [2.45, 2.75) is 44.8 Å². The van der Waals surface area contributed by atoms with Crippen LogP contribution in [0.1, 0.15) is 32.6 Å². The Bertz CT molecular complexity index is 487. The molecule has 2 aliphatic carbocycles. The summed E-state index contributed by atoms with van der Waals surface area (Å²) >= 11 is 0. The second-order valence-corrected chi connectivity index (χ2v) is 5.81. The average molecular weight is 279 g/mol. The Morgan fingerprint density at radius 1 is 1.40 bits per heavy atom. The van der Waals surface area contributed by atoms with Crippen LogP contribution in [0.4, 0.5) is 10.1 Å². The van der Waals surface area contributed by atoms with Crippen LogP contribution in [-0.2, 0) is 4.74 Å². The van der Waals surface area contributed by atoms with Crippen molar-refractivity contribution in [3.8, 4) is 5.75 Å². The Kier molecular flexibility index (Phi) is 3.59. The molecule has 1 N–H and O–H groups in total. The van der Waals surface area contributed by atoms with Gasteiger partial charge in [-0.25, -0.2) is 4.39 Å². The summed E-state index contributed by atoms with van der Waals surface area (Å²) < 4.78 is 24.3. The molecule has 2 unspecified atom stereocenters. The molecule has 2 aliphatic rings. The molecule has 3 nitrogen and oxygen atoms in total. The van der Waals surface area contributed by atoms with Gasteiger partial charge in [0.15, 0.2) is 11.6 Å². The van der Waals surface area contributed by atoms with Gasteiger partial charge in [-0.2, -0.15) is 0 Å². The lowest BCUT2D eigenvalue weighted by atomic mass is 9.51. The summed E-state index contributed by atoms with van der Waals surface area (Å²) in [5.41, 5.74) is 1.23. The molecule has 110 valence electrons. The second kappa shape index (κ2) is 5.24. The highest BCUT2D eigenvalue weighted by atomic mass is 19.1. The molecule has 2 atom stereocenters. The van der Waals surface area contributed by atoms with Crippen LogP contribution >= 0.6 is 0 Å². The third-order valence-corrected chi connectivity index (χ3v) is 4.93. The van der Waals surface area contributed by atoms with Crippen molar-refractivity contribution in [1.29, 1.82) is 0 Å². The summed E-state index contributed by atoms with van der Waals surface area (Å²) in [4.78, 5) is 0. The number of benzene rings is 1. The van der Waals surface area contributed by atoms with Gasteiger partial charge in [0.05, 0.1) is 13.2 Å². The van der Waals surface area contributed by atoms with E-state index in [1.807, 2.05) is 0 Å². The van der Waals surface area contributed by atoms with Crippen LogP contribution in [0.5, 0.6) is 5.75 Å². The molecular formula is C16H22FNO2. The number of anilines is 1. The monoisotopic (exact) mass is 279 g/mol. The fourth-order valence-electron chi connectivity index (χ4n) is 3.59. The van der Waals surface area contributed by atoms with E-state index in [1.165, 1.54) is 32.4 Å². The van der Waals surface area contributed by atoms with Crippen molar-refractivity contribution in [2.24, 2.45) is 5.41 Å². The van der Waals surface area contributed by atoms with Gasteiger partial charge in [0.25, 0.3) is 0 Å². The molecule has 0 saturated heterocycles. The van der Waals surface area contributed by atoms with Gasteiger partial charge in [-0.3, -0.25) is 0 Å². The maximum Gasteiger partial charge on any atom is 0.165 e. The molecule has 0 radical (unpaired) electrons. The highest BCUT2D eigenvalue weighted by molar-refractivity contribution is 5.50. The standard InChI is InChI=1S/C16H22FNO2/c1-3-20-15-10-14(16(15)7-4-8-16)18-11-5-6-12(17)13(9-11)19-2/h5-6,9,14-15,18H,3-4,7-8,10H2,1-2H3. The molecular weight excluding hydrogens is 257 g/mol. The summed E-state index contributed by atoms with van der Waals surface area (Å²) in [7, 11) is 1.49. The lowest BCUT2D eigenvalue weighted by Gasteiger charge is -2.61. The molecule has 0 bridgehead atoms. The molecule has 0 amide bonds. The Morgan fingerprint density at radius 3 is 2.80 bits per heavy atom. The maximum atomic E-state index is 13.4. The Balaban J connectivity index is 1.70. The Hall–Kier alpha value is -1.29. The normalized spacial score (nSPS) is 26.8. The van der Waals surface area contributed by atoms with Crippen molar-refractivity contribution in [1.82, 2.24) is 0 Å². The molecule has 1 spiro atoms. The first-order valence-corrected chi connectivity index (χ1v) is 7.41. The highest BCUT2D eigenvalue weighted by Gasteiger charge is 2.58. The van der Waals surface area contributed by atoms with Gasteiger partial charge in [-0.15, -0.1) is 0 Å². The van der Waals surface area contributed by atoms with Crippen LogP contribution in [0.25, 0.3) is 0 Å². The van der Waals surface area contributed by atoms with Crippen LogP contribution in [-0.4, -0.2) is 25.9 Å². The summed E-state index contributed by atoms with van der Waals surface area (Å²) in [5.74, 6) is -0.0319. The van der Waals surface area contributed by atoms with Gasteiger partial charge in [0.1, 0.15) is 0 Å². The molecule has 3 rings (SSSR count). The number of halogens is 1. The predicted octanol–water partition coefficient (Wildman–Crippen LogP) is 3.59. The van der Waals surface area contributed by atoms with E-state index in [1.54, 1.807) is 12.1 Å². The average Bonchev–Trinajstić information content (AvgIpc) is 2.37. The summed E-state index contributed by atoms with van der Waals surface area (Å²) in [6.45, 7) is 2.83. The summed E-state index contributed by atoms with van der Waals surface area (Å²) in [6.07, 6.45) is 5.17. The Labute approximate surface area is 119 Å². The largest absolute Gasteiger partial charge is 0.494 e. The van der Waals surface area contributed by atoms with Crippen LogP contribution in [0.2, 0.25) is 0 Å². The van der Waals surface area contributed by atoms with Gasteiger partial charge in [0, 0.05) is 29.8 Å². The van der Waals surface area contributed by atoms with Gasteiger partial charge >= 0.3 is 0 Å². The fraction of sp³-hybridized carbons (Fsp3) is 0.625. The van der Waals surface area contributed by atoms with Gasteiger partial charge in [-0.05, 0) is 38.3 Å². The van der Waals surface area contributed by atoms with Crippen molar-refractivity contribution < 1.29 is 13.9 Å². The number of rotatable bonds is 5. The first-order chi connectivity index (χ1) is 9.69. The van der Waals surface area contributed by atoms with Crippen LogP contribution in [0.15, 0.2) is 18.2 Å². The minimum atomic E-state index is -0.322. The van der Waals surface area contributed by atoms with E-state index in [-0.39, 0.29) is 5.82 Å². The molecule has 1 aromatic rings. The van der Waals surface area contributed by atoms with E-state index < -0.39 is 0 Å². The smallest absolute Gasteiger partial charge is 0.165 e. The van der Waals surface area contributed by atoms with Crippen molar-refractivity contribution in [2.75, 3.05) is 19.0 Å². The molecule has 0 aliphatic heterocycles. The van der Waals surface area contributed by atoms with E-state index in [0.717, 1.165) is 18.7 Å². The van der Waals surface area contributed by atoms with Gasteiger partial charge < -0.3 is 14.8 Å². The minimum absolute atomic E-state index is 0.290. The molecule has 20 heavy (non-hydrogen) atoms.